The molecule has 2 aromatic carbocycles. The Hall–Kier alpha value is -1.76. The second kappa shape index (κ2) is 13.2. The number of ether oxygens (including phenoxy) is 1. The highest BCUT2D eigenvalue weighted by Crippen LogP contribution is 2.34. The molecule has 1 aromatic heterocycles. The zero-order chi connectivity index (χ0) is 22.5. The molecule has 1 unspecified atom stereocenters. The summed E-state index contributed by atoms with van der Waals surface area (Å²) in [5.74, 6) is 1.12. The molecule has 3 rings (SSSR count). The highest BCUT2D eigenvalue weighted by molar-refractivity contribution is 7.90. The number of hydrogen-bond donors (Lipinski definition) is 1. The number of para-hydroxylation sites is 1. The lowest BCUT2D eigenvalue weighted by Gasteiger charge is -2.21. The molecule has 0 bridgehead atoms. The first kappa shape index (κ1) is 29.3. The van der Waals surface area contributed by atoms with Crippen molar-refractivity contribution in [1.82, 2.24) is 4.98 Å². The largest absolute Gasteiger partial charge is 0.612 e. The Morgan fingerprint density at radius 3 is 2.21 bits per heavy atom. The molecular weight excluding hydrogens is 475 g/mol. The van der Waals surface area contributed by atoms with Crippen LogP contribution < -0.4 is 10.5 Å². The fourth-order valence-electron chi connectivity index (χ4n) is 3.82. The maximum absolute atomic E-state index is 12.1. The van der Waals surface area contributed by atoms with Crippen LogP contribution in [0.2, 0.25) is 0 Å². The van der Waals surface area contributed by atoms with Gasteiger partial charge < -0.3 is 15.0 Å². The minimum atomic E-state index is -1.12. The van der Waals surface area contributed by atoms with Gasteiger partial charge in [-0.25, -0.2) is 0 Å². The number of hydrogen-bond acceptors (Lipinski definition) is 4. The molecule has 0 aliphatic rings. The second-order valence-corrected chi connectivity index (χ2v) is 9.68. The van der Waals surface area contributed by atoms with Crippen molar-refractivity contribution >= 4 is 36.0 Å². The van der Waals surface area contributed by atoms with Crippen LogP contribution in [0.3, 0.4) is 0 Å². The van der Waals surface area contributed by atoms with Crippen molar-refractivity contribution in [3.8, 4) is 16.9 Å². The molecule has 1 heterocycles. The topological polar surface area (TPSA) is 71.2 Å². The summed E-state index contributed by atoms with van der Waals surface area (Å²) in [6.45, 7) is 9.27. The summed E-state index contributed by atoms with van der Waals surface area (Å²) in [5.41, 5.74) is 13.8. The van der Waals surface area contributed by atoms with Crippen molar-refractivity contribution in [2.24, 2.45) is 11.7 Å². The molecule has 0 saturated carbocycles. The van der Waals surface area contributed by atoms with Crippen molar-refractivity contribution in [1.29, 1.82) is 0 Å². The second-order valence-electron chi connectivity index (χ2n) is 8.33. The molecule has 0 fully saturated rings. The van der Waals surface area contributed by atoms with Crippen LogP contribution in [-0.2, 0) is 30.7 Å². The van der Waals surface area contributed by atoms with Crippen molar-refractivity contribution in [3.63, 3.8) is 0 Å². The van der Waals surface area contributed by atoms with E-state index >= 15 is 0 Å². The lowest BCUT2D eigenvalue weighted by atomic mass is 9.90. The molecular formula is C26H34Cl2N2O2S. The summed E-state index contributed by atoms with van der Waals surface area (Å²) < 4.78 is 18.3. The van der Waals surface area contributed by atoms with Crippen LogP contribution in [0.4, 0.5) is 0 Å². The number of rotatable bonds is 8. The van der Waals surface area contributed by atoms with E-state index in [1.807, 2.05) is 31.2 Å². The SMILES string of the molecule is Cc1ccc(-c2c(COc3ccccc3[S+](C)[O-])c(C)nc(CC(C)C)c2CN)cc1.Cl.Cl. The fraction of sp³-hybridized carbons (Fsp3) is 0.346. The normalized spacial score (nSPS) is 11.5. The van der Waals surface area contributed by atoms with E-state index in [1.54, 1.807) is 6.26 Å². The zero-order valence-electron chi connectivity index (χ0n) is 19.9. The minimum Gasteiger partial charge on any atom is -0.612 e. The third-order valence-corrected chi connectivity index (χ3v) is 6.32. The van der Waals surface area contributed by atoms with Crippen molar-refractivity contribution in [2.45, 2.75) is 52.2 Å². The van der Waals surface area contributed by atoms with Crippen LogP contribution in [0.25, 0.3) is 11.1 Å². The van der Waals surface area contributed by atoms with E-state index in [2.05, 4.69) is 45.0 Å². The number of benzene rings is 2. The highest BCUT2D eigenvalue weighted by Gasteiger charge is 2.21. The Balaban J connectivity index is 0.00000272. The molecule has 3 aromatic rings. The van der Waals surface area contributed by atoms with Crippen molar-refractivity contribution in [3.05, 3.63) is 76.6 Å². The van der Waals surface area contributed by atoms with Gasteiger partial charge in [-0.2, -0.15) is 0 Å². The Kier molecular flexibility index (Phi) is 11.7. The molecule has 1 atom stereocenters. The smallest absolute Gasteiger partial charge is 0.194 e. The van der Waals surface area contributed by atoms with Gasteiger partial charge in [-0.1, -0.05) is 55.8 Å². The highest BCUT2D eigenvalue weighted by atomic mass is 35.5. The summed E-state index contributed by atoms with van der Waals surface area (Å²) in [6.07, 6.45) is 2.55. The van der Waals surface area contributed by atoms with Crippen molar-refractivity contribution in [2.75, 3.05) is 6.26 Å². The zero-order valence-corrected chi connectivity index (χ0v) is 22.3. The third-order valence-electron chi connectivity index (χ3n) is 5.37. The summed E-state index contributed by atoms with van der Waals surface area (Å²) in [5, 5.41) is 0. The number of pyridine rings is 1. The van der Waals surface area contributed by atoms with Gasteiger partial charge in [0.05, 0.1) is 0 Å². The molecule has 0 spiro atoms. The first-order valence-electron chi connectivity index (χ1n) is 10.6. The Labute approximate surface area is 213 Å². The molecule has 7 heteroatoms. The average molecular weight is 510 g/mol. The van der Waals surface area contributed by atoms with Crippen LogP contribution >= 0.6 is 24.8 Å². The van der Waals surface area contributed by atoms with Gasteiger partial charge >= 0.3 is 0 Å². The summed E-state index contributed by atoms with van der Waals surface area (Å²) >= 11 is -1.12. The van der Waals surface area contributed by atoms with Gasteiger partial charge in [0.25, 0.3) is 0 Å². The lowest BCUT2D eigenvalue weighted by molar-refractivity contribution is 0.297. The first-order chi connectivity index (χ1) is 14.8. The average Bonchev–Trinajstić information content (AvgIpc) is 2.73. The van der Waals surface area contributed by atoms with Gasteiger partial charge in [-0.15, -0.1) is 24.8 Å². The van der Waals surface area contributed by atoms with Crippen LogP contribution in [0, 0.1) is 19.8 Å². The summed E-state index contributed by atoms with van der Waals surface area (Å²) in [4.78, 5) is 5.63. The fourth-order valence-corrected chi connectivity index (χ4v) is 4.50. The van der Waals surface area contributed by atoms with E-state index in [4.69, 9.17) is 15.5 Å². The van der Waals surface area contributed by atoms with Crippen LogP contribution in [0.5, 0.6) is 5.75 Å². The van der Waals surface area contributed by atoms with Crippen LogP contribution in [0.15, 0.2) is 53.4 Å². The van der Waals surface area contributed by atoms with Gasteiger partial charge in [-0.3, -0.25) is 4.98 Å². The first-order valence-corrected chi connectivity index (χ1v) is 12.2. The maximum Gasteiger partial charge on any atom is 0.194 e. The standard InChI is InChI=1S/C26H32N2O2S.2ClH/c1-17(2)14-23-21(15-27)26(20-12-10-18(3)11-13-20)22(19(4)28-23)16-30-24-8-6-7-9-25(24)31(5)29;;/h6-13,17H,14-16,27H2,1-5H3;2*1H. The molecule has 0 radical (unpaired) electrons. The van der Waals surface area contributed by atoms with E-state index in [1.165, 1.54) is 5.56 Å². The minimum absolute atomic E-state index is 0. The van der Waals surface area contributed by atoms with Gasteiger partial charge in [0.1, 0.15) is 12.9 Å². The number of halogens is 2. The predicted octanol–water partition coefficient (Wildman–Crippen LogP) is 6.18. The molecule has 2 N–H and O–H groups in total. The summed E-state index contributed by atoms with van der Waals surface area (Å²) in [7, 11) is 0. The lowest BCUT2D eigenvalue weighted by Crippen LogP contribution is -2.14. The maximum atomic E-state index is 12.1. The van der Waals surface area contributed by atoms with E-state index in [0.29, 0.717) is 29.7 Å². The number of aryl methyl sites for hydroxylation is 2. The molecule has 0 amide bonds. The molecule has 180 valence electrons. The van der Waals surface area contributed by atoms with Gasteiger partial charge in [0.2, 0.25) is 0 Å². The van der Waals surface area contributed by atoms with Crippen molar-refractivity contribution < 1.29 is 9.29 Å². The Morgan fingerprint density at radius 1 is 1.00 bits per heavy atom. The number of aromatic nitrogens is 1. The van der Waals surface area contributed by atoms with E-state index in [9.17, 15) is 4.55 Å². The molecule has 33 heavy (non-hydrogen) atoms. The van der Waals surface area contributed by atoms with E-state index < -0.39 is 11.2 Å². The third kappa shape index (κ3) is 7.11. The molecule has 0 aliphatic heterocycles. The summed E-state index contributed by atoms with van der Waals surface area (Å²) in [6, 6.07) is 16.0. The Bertz CT molecular complexity index is 1040. The Morgan fingerprint density at radius 2 is 1.64 bits per heavy atom. The molecule has 4 nitrogen and oxygen atoms in total. The molecule has 0 aliphatic carbocycles. The number of nitrogens with zero attached hydrogens (tertiary/aromatic N) is 1. The van der Waals surface area contributed by atoms with Crippen LogP contribution in [0.1, 0.15) is 41.9 Å². The van der Waals surface area contributed by atoms with Gasteiger partial charge in [-0.05, 0) is 66.2 Å². The quantitative estimate of drug-likeness (QED) is 0.368. The number of nitrogens with two attached hydrogens (primary N) is 1. The monoisotopic (exact) mass is 508 g/mol. The van der Waals surface area contributed by atoms with Gasteiger partial charge in [0.15, 0.2) is 10.6 Å². The van der Waals surface area contributed by atoms with Gasteiger partial charge in [0, 0.05) is 23.5 Å². The molecule has 0 saturated heterocycles. The predicted molar refractivity (Wildman–Crippen MR) is 143 cm³/mol. The van der Waals surface area contributed by atoms with E-state index in [-0.39, 0.29) is 24.8 Å². The van der Waals surface area contributed by atoms with E-state index in [0.717, 1.165) is 40.1 Å². The van der Waals surface area contributed by atoms with Crippen LogP contribution in [-0.4, -0.2) is 15.8 Å².